The fraction of sp³-hybridized carbons (Fsp3) is 0.0794. The molecule has 0 aliphatic heterocycles. The molecule has 11 rings (SSSR count). The smallest absolute Gasteiger partial charge is 0.0714 e. The molecule has 1 heterocycles. The first-order valence-electron chi connectivity index (χ1n) is 22.7. The van der Waals surface area contributed by atoms with Gasteiger partial charge in [-0.25, -0.2) is 0 Å². The Balaban J connectivity index is 1.13. The molecule has 10 aromatic rings. The van der Waals surface area contributed by atoms with Gasteiger partial charge >= 0.3 is 0 Å². The largest absolute Gasteiger partial charge is 0.310 e. The van der Waals surface area contributed by atoms with Crippen molar-refractivity contribution >= 4 is 71.5 Å². The van der Waals surface area contributed by atoms with Gasteiger partial charge in [0.05, 0.1) is 11.1 Å². The van der Waals surface area contributed by atoms with Crippen LogP contribution in [0.15, 0.2) is 213 Å². The maximum absolute atomic E-state index is 4.00. The maximum atomic E-state index is 4.00. The van der Waals surface area contributed by atoms with Crippen LogP contribution in [0.4, 0.5) is 17.1 Å². The Morgan fingerprint density at radius 3 is 1.95 bits per heavy atom. The van der Waals surface area contributed by atoms with Gasteiger partial charge < -0.3 is 4.90 Å². The first-order valence-corrected chi connectivity index (χ1v) is 23.5. The van der Waals surface area contributed by atoms with Crippen LogP contribution < -0.4 is 4.90 Å². The standard InChI is InChI=1S/C63H49NS/c1-5-8-25-51-49(7-3)42(4)50(20-6-2)52-38-34-44(40-56(51)52)43-32-35-47(36-33-43)64(59-29-19-31-61-62(59)55-27-16-18-30-60(55)65-61)48-37-39-54-53-26-15-17-28-57(53)63(58(54)41-48,45-21-11-9-12-22-45)46-23-13-10-14-24-46/h5-6,8-41H,1,7H2,2-4H3/b20-6-,25-8-. The zero-order valence-electron chi connectivity index (χ0n) is 37.1. The molecule has 0 bridgehead atoms. The highest BCUT2D eigenvalue weighted by Gasteiger charge is 2.46. The zero-order chi connectivity index (χ0) is 44.1. The van der Waals surface area contributed by atoms with Crippen molar-refractivity contribution in [2.24, 2.45) is 0 Å². The molecule has 2 heteroatoms. The summed E-state index contributed by atoms with van der Waals surface area (Å²) in [6, 6.07) is 70.2. The van der Waals surface area contributed by atoms with E-state index >= 15 is 0 Å². The lowest BCUT2D eigenvalue weighted by Crippen LogP contribution is -2.28. The van der Waals surface area contributed by atoms with E-state index in [4.69, 9.17) is 0 Å². The lowest BCUT2D eigenvalue weighted by molar-refractivity contribution is 0.768. The fourth-order valence-electron chi connectivity index (χ4n) is 10.8. The molecule has 0 atom stereocenters. The Hall–Kier alpha value is -7.52. The average molecular weight is 852 g/mol. The summed E-state index contributed by atoms with van der Waals surface area (Å²) in [6.45, 7) is 10.6. The Bertz CT molecular complexity index is 3460. The van der Waals surface area contributed by atoms with Crippen molar-refractivity contribution in [2.75, 3.05) is 4.90 Å². The van der Waals surface area contributed by atoms with Crippen LogP contribution in [0.5, 0.6) is 0 Å². The van der Waals surface area contributed by atoms with E-state index in [1.165, 1.54) is 97.7 Å². The second kappa shape index (κ2) is 16.6. The highest BCUT2D eigenvalue weighted by Crippen LogP contribution is 2.57. The van der Waals surface area contributed by atoms with Gasteiger partial charge in [0.1, 0.15) is 0 Å². The van der Waals surface area contributed by atoms with E-state index in [0.29, 0.717) is 0 Å². The number of anilines is 3. The summed E-state index contributed by atoms with van der Waals surface area (Å²) in [5, 5.41) is 5.08. The first kappa shape index (κ1) is 40.3. The minimum absolute atomic E-state index is 0.514. The van der Waals surface area contributed by atoms with Crippen molar-refractivity contribution in [1.29, 1.82) is 0 Å². The minimum Gasteiger partial charge on any atom is -0.310 e. The van der Waals surface area contributed by atoms with Crippen molar-refractivity contribution in [1.82, 2.24) is 0 Å². The van der Waals surface area contributed by atoms with Gasteiger partial charge in [0.15, 0.2) is 0 Å². The monoisotopic (exact) mass is 851 g/mol. The number of nitrogens with zero attached hydrogens (tertiary/aromatic N) is 1. The van der Waals surface area contributed by atoms with Gasteiger partial charge in [-0.1, -0.05) is 183 Å². The predicted octanol–water partition coefficient (Wildman–Crippen LogP) is 17.8. The van der Waals surface area contributed by atoms with E-state index in [9.17, 15) is 0 Å². The van der Waals surface area contributed by atoms with Crippen LogP contribution in [0.3, 0.4) is 0 Å². The van der Waals surface area contributed by atoms with Gasteiger partial charge in [0.2, 0.25) is 0 Å². The molecule has 1 aromatic heterocycles. The molecule has 0 saturated heterocycles. The molecule has 1 nitrogen and oxygen atoms in total. The molecule has 1 aliphatic rings. The summed E-state index contributed by atoms with van der Waals surface area (Å²) in [4.78, 5) is 2.49. The van der Waals surface area contributed by atoms with Crippen LogP contribution in [0.2, 0.25) is 0 Å². The summed E-state index contributed by atoms with van der Waals surface area (Å²) >= 11 is 1.86. The number of hydrogen-bond donors (Lipinski definition) is 0. The second-order valence-electron chi connectivity index (χ2n) is 17.0. The van der Waals surface area contributed by atoms with Crippen molar-refractivity contribution < 1.29 is 0 Å². The molecule has 0 saturated carbocycles. The first-order chi connectivity index (χ1) is 32.0. The Kier molecular flexibility index (Phi) is 10.3. The van der Waals surface area contributed by atoms with Gasteiger partial charge in [0, 0.05) is 31.5 Å². The van der Waals surface area contributed by atoms with E-state index in [1.54, 1.807) is 0 Å². The van der Waals surface area contributed by atoms with Crippen molar-refractivity contribution in [3.8, 4) is 22.3 Å². The van der Waals surface area contributed by atoms with Gasteiger partial charge in [-0.15, -0.1) is 11.3 Å². The zero-order valence-corrected chi connectivity index (χ0v) is 37.9. The molecule has 0 radical (unpaired) electrons. The van der Waals surface area contributed by atoms with E-state index in [0.717, 1.165) is 23.5 Å². The fourth-order valence-corrected chi connectivity index (χ4v) is 12.0. The number of rotatable bonds is 10. The summed E-state index contributed by atoms with van der Waals surface area (Å²) in [6.07, 6.45) is 11.5. The third kappa shape index (κ3) is 6.43. The molecular weight excluding hydrogens is 803 g/mol. The van der Waals surface area contributed by atoms with E-state index < -0.39 is 5.41 Å². The summed E-state index contributed by atoms with van der Waals surface area (Å²) in [7, 11) is 0. The highest BCUT2D eigenvalue weighted by molar-refractivity contribution is 7.26. The number of fused-ring (bicyclic) bond motifs is 7. The molecule has 0 amide bonds. The topological polar surface area (TPSA) is 3.24 Å². The van der Waals surface area contributed by atoms with Crippen LogP contribution in [0.25, 0.3) is 65.4 Å². The van der Waals surface area contributed by atoms with E-state index in [-0.39, 0.29) is 0 Å². The van der Waals surface area contributed by atoms with Crippen LogP contribution >= 0.6 is 11.3 Å². The maximum Gasteiger partial charge on any atom is 0.0714 e. The molecule has 0 spiro atoms. The molecule has 9 aromatic carbocycles. The second-order valence-corrected chi connectivity index (χ2v) is 18.1. The highest BCUT2D eigenvalue weighted by atomic mass is 32.1. The van der Waals surface area contributed by atoms with Crippen LogP contribution in [0.1, 0.15) is 58.4 Å². The van der Waals surface area contributed by atoms with Crippen molar-refractivity contribution in [3.05, 3.63) is 257 Å². The SMILES string of the molecule is C=C/C=C\c1c(CC)c(C)c(/C=C\C)c2ccc(-c3ccc(N(c4ccc5c(c4)C(c4ccccc4)(c4ccccc4)c4ccccc4-5)c4cccc5sc6ccccc6c45)cc3)cc12. The van der Waals surface area contributed by atoms with Gasteiger partial charge in [-0.2, -0.15) is 0 Å². The quantitative estimate of drug-likeness (QED) is 0.124. The van der Waals surface area contributed by atoms with E-state index in [2.05, 4.69) is 245 Å². The van der Waals surface area contributed by atoms with Gasteiger partial charge in [-0.3, -0.25) is 0 Å². The summed E-state index contributed by atoms with van der Waals surface area (Å²) in [5.74, 6) is 0. The Morgan fingerprint density at radius 2 is 1.22 bits per heavy atom. The van der Waals surface area contributed by atoms with Gasteiger partial charge in [-0.05, 0) is 146 Å². The lowest BCUT2D eigenvalue weighted by atomic mass is 9.67. The third-order valence-electron chi connectivity index (χ3n) is 13.6. The van der Waals surface area contributed by atoms with Crippen LogP contribution in [-0.2, 0) is 11.8 Å². The molecule has 312 valence electrons. The Labute approximate surface area is 386 Å². The van der Waals surface area contributed by atoms with Crippen molar-refractivity contribution in [2.45, 2.75) is 32.6 Å². The van der Waals surface area contributed by atoms with Crippen LogP contribution in [0, 0.1) is 6.92 Å². The molecule has 0 unspecified atom stereocenters. The van der Waals surface area contributed by atoms with Crippen LogP contribution in [-0.4, -0.2) is 0 Å². The number of benzene rings is 9. The van der Waals surface area contributed by atoms with Gasteiger partial charge in [0.25, 0.3) is 0 Å². The molecule has 0 N–H and O–H groups in total. The van der Waals surface area contributed by atoms with Crippen molar-refractivity contribution in [3.63, 3.8) is 0 Å². The lowest BCUT2D eigenvalue weighted by Gasteiger charge is -2.35. The third-order valence-corrected chi connectivity index (χ3v) is 14.8. The number of thiophene rings is 1. The predicted molar refractivity (Wildman–Crippen MR) is 282 cm³/mol. The summed E-state index contributed by atoms with van der Waals surface area (Å²) < 4.78 is 2.57. The Morgan fingerprint density at radius 1 is 0.554 bits per heavy atom. The average Bonchev–Trinajstić information content (AvgIpc) is 3.89. The number of allylic oxidation sites excluding steroid dienone is 3. The normalized spacial score (nSPS) is 13.0. The van der Waals surface area contributed by atoms with E-state index in [1.807, 2.05) is 17.4 Å². The molecule has 1 aliphatic carbocycles. The molecule has 0 fully saturated rings. The molecular formula is C63H49NS. The minimum atomic E-state index is -0.514. The molecule has 65 heavy (non-hydrogen) atoms. The number of hydrogen-bond acceptors (Lipinski definition) is 2. The summed E-state index contributed by atoms with van der Waals surface area (Å²) in [5.41, 5.74) is 18.2.